The smallest absolute Gasteiger partial charge is 0.0852 e. The lowest BCUT2D eigenvalue weighted by Crippen LogP contribution is -2.07. The summed E-state index contributed by atoms with van der Waals surface area (Å²) in [4.78, 5) is 4.34. The number of pyridine rings is 1. The summed E-state index contributed by atoms with van der Waals surface area (Å²) in [7, 11) is 1.92. The Labute approximate surface area is 124 Å². The molecular weight excluding hydrogens is 262 g/mol. The number of nitrogens with zero attached hydrogens (tertiary/aromatic N) is 3. The van der Waals surface area contributed by atoms with Gasteiger partial charge in [-0.1, -0.05) is 25.1 Å². The van der Waals surface area contributed by atoms with E-state index in [-0.39, 0.29) is 0 Å². The van der Waals surface area contributed by atoms with E-state index in [9.17, 15) is 5.11 Å². The number of hydrogen-bond acceptors (Lipinski definition) is 3. The van der Waals surface area contributed by atoms with Crippen LogP contribution >= 0.6 is 0 Å². The molecule has 21 heavy (non-hydrogen) atoms. The van der Waals surface area contributed by atoms with Crippen LogP contribution in [0.5, 0.6) is 0 Å². The van der Waals surface area contributed by atoms with Gasteiger partial charge in [0, 0.05) is 30.7 Å². The second-order valence-corrected chi connectivity index (χ2v) is 5.24. The Balaban J connectivity index is 1.93. The fraction of sp³-hybridized carbons (Fsp3) is 0.294. The van der Waals surface area contributed by atoms with Crippen LogP contribution in [0.1, 0.15) is 30.0 Å². The molecule has 0 saturated heterocycles. The van der Waals surface area contributed by atoms with Crippen LogP contribution in [-0.2, 0) is 19.9 Å². The van der Waals surface area contributed by atoms with Gasteiger partial charge >= 0.3 is 0 Å². The quantitative estimate of drug-likeness (QED) is 0.800. The van der Waals surface area contributed by atoms with Gasteiger partial charge in [0.05, 0.1) is 17.3 Å². The molecule has 1 N–H and O–H groups in total. The topological polar surface area (TPSA) is 50.9 Å². The largest absolute Gasteiger partial charge is 0.388 e. The van der Waals surface area contributed by atoms with Crippen molar-refractivity contribution in [2.45, 2.75) is 25.9 Å². The van der Waals surface area contributed by atoms with E-state index < -0.39 is 6.10 Å². The molecule has 0 saturated carbocycles. The van der Waals surface area contributed by atoms with Gasteiger partial charge in [0.2, 0.25) is 0 Å². The zero-order valence-corrected chi connectivity index (χ0v) is 12.3. The molecule has 3 rings (SSSR count). The Hall–Kier alpha value is -2.20. The van der Waals surface area contributed by atoms with E-state index in [1.54, 1.807) is 6.20 Å². The average molecular weight is 281 g/mol. The van der Waals surface area contributed by atoms with Crippen LogP contribution in [0.2, 0.25) is 0 Å². The third-order valence-electron chi connectivity index (χ3n) is 3.83. The molecule has 0 amide bonds. The summed E-state index contributed by atoms with van der Waals surface area (Å²) in [5, 5.41) is 16.0. The molecule has 0 aliphatic rings. The average Bonchev–Trinajstić information content (AvgIpc) is 2.87. The van der Waals surface area contributed by atoms with Crippen molar-refractivity contribution < 1.29 is 5.11 Å². The van der Waals surface area contributed by atoms with Crippen LogP contribution in [0.15, 0.2) is 42.6 Å². The Bertz CT molecular complexity index is 758. The summed E-state index contributed by atoms with van der Waals surface area (Å²) in [6.07, 6.45) is 2.65. The molecule has 0 fully saturated rings. The molecule has 0 radical (unpaired) electrons. The number of rotatable bonds is 4. The first kappa shape index (κ1) is 13.8. The number of para-hydroxylation sites is 1. The molecule has 2 heterocycles. The van der Waals surface area contributed by atoms with Gasteiger partial charge in [-0.15, -0.1) is 0 Å². The summed E-state index contributed by atoms with van der Waals surface area (Å²) in [5.74, 6) is 0. The Morgan fingerprint density at radius 3 is 2.81 bits per heavy atom. The second kappa shape index (κ2) is 5.66. The van der Waals surface area contributed by atoms with E-state index in [2.05, 4.69) is 23.1 Å². The van der Waals surface area contributed by atoms with E-state index >= 15 is 0 Å². The van der Waals surface area contributed by atoms with Gasteiger partial charge in [-0.05, 0) is 30.2 Å². The molecule has 0 bridgehead atoms. The van der Waals surface area contributed by atoms with Gasteiger partial charge in [-0.25, -0.2) is 0 Å². The highest BCUT2D eigenvalue weighted by molar-refractivity contribution is 5.82. The van der Waals surface area contributed by atoms with Gasteiger partial charge in [-0.2, -0.15) is 5.10 Å². The fourth-order valence-electron chi connectivity index (χ4n) is 2.65. The number of aryl methyl sites for hydroxylation is 2. The predicted molar refractivity (Wildman–Crippen MR) is 83.0 cm³/mol. The van der Waals surface area contributed by atoms with Crippen molar-refractivity contribution in [3.8, 4) is 0 Å². The zero-order chi connectivity index (χ0) is 14.8. The van der Waals surface area contributed by atoms with Crippen molar-refractivity contribution in [3.63, 3.8) is 0 Å². The minimum Gasteiger partial charge on any atom is -0.388 e. The molecule has 4 nitrogen and oxygen atoms in total. The van der Waals surface area contributed by atoms with E-state index in [4.69, 9.17) is 0 Å². The third-order valence-corrected chi connectivity index (χ3v) is 3.83. The van der Waals surface area contributed by atoms with Crippen LogP contribution in [0, 0.1) is 0 Å². The molecule has 2 aromatic heterocycles. The van der Waals surface area contributed by atoms with Gasteiger partial charge < -0.3 is 5.11 Å². The highest BCUT2D eigenvalue weighted by Crippen LogP contribution is 2.25. The van der Waals surface area contributed by atoms with Crippen molar-refractivity contribution in [1.82, 2.24) is 14.8 Å². The molecule has 108 valence electrons. The van der Waals surface area contributed by atoms with Crippen molar-refractivity contribution in [2.24, 2.45) is 7.05 Å². The van der Waals surface area contributed by atoms with Crippen LogP contribution in [-0.4, -0.2) is 19.9 Å². The van der Waals surface area contributed by atoms with Gasteiger partial charge in [0.1, 0.15) is 0 Å². The predicted octanol–water partition coefficient (Wildman–Crippen LogP) is 2.81. The minimum absolute atomic E-state index is 0.553. The Morgan fingerprint density at radius 2 is 2.05 bits per heavy atom. The first-order valence-corrected chi connectivity index (χ1v) is 7.22. The number of hydrogen-bond donors (Lipinski definition) is 1. The number of aromatic nitrogens is 3. The first-order valence-electron chi connectivity index (χ1n) is 7.22. The maximum Gasteiger partial charge on any atom is 0.0852 e. The highest BCUT2D eigenvalue weighted by Gasteiger charge is 2.15. The van der Waals surface area contributed by atoms with Gasteiger partial charge in [0.25, 0.3) is 0 Å². The lowest BCUT2D eigenvalue weighted by atomic mass is 10.0. The molecule has 1 unspecified atom stereocenters. The first-order chi connectivity index (χ1) is 10.2. The maximum atomic E-state index is 10.6. The Morgan fingerprint density at radius 1 is 1.24 bits per heavy atom. The molecule has 0 aliphatic carbocycles. The van der Waals surface area contributed by atoms with Gasteiger partial charge in [-0.3, -0.25) is 9.67 Å². The lowest BCUT2D eigenvalue weighted by molar-refractivity contribution is 0.177. The van der Waals surface area contributed by atoms with Crippen LogP contribution in [0.4, 0.5) is 0 Å². The monoisotopic (exact) mass is 281 g/mol. The van der Waals surface area contributed by atoms with Crippen LogP contribution < -0.4 is 0 Å². The number of aliphatic hydroxyl groups excluding tert-OH is 1. The number of aliphatic hydroxyl groups is 1. The third kappa shape index (κ3) is 2.67. The van der Waals surface area contributed by atoms with Crippen LogP contribution in [0.25, 0.3) is 10.9 Å². The maximum absolute atomic E-state index is 10.6. The molecule has 1 atom stereocenters. The molecule has 3 aromatic rings. The van der Waals surface area contributed by atoms with Crippen molar-refractivity contribution in [2.75, 3.05) is 0 Å². The summed E-state index contributed by atoms with van der Waals surface area (Å²) in [5.41, 5.74) is 3.92. The zero-order valence-electron chi connectivity index (χ0n) is 12.3. The van der Waals surface area contributed by atoms with E-state index in [1.165, 1.54) is 0 Å². The molecule has 1 aromatic carbocycles. The fourth-order valence-corrected chi connectivity index (χ4v) is 2.65. The molecule has 4 heteroatoms. The minimum atomic E-state index is -0.557. The van der Waals surface area contributed by atoms with Gasteiger partial charge in [0.15, 0.2) is 0 Å². The summed E-state index contributed by atoms with van der Waals surface area (Å²) in [6, 6.07) is 11.8. The number of benzene rings is 1. The van der Waals surface area contributed by atoms with E-state index in [0.717, 1.165) is 34.3 Å². The highest BCUT2D eigenvalue weighted by atomic mass is 16.3. The van der Waals surface area contributed by atoms with E-state index in [1.807, 2.05) is 42.1 Å². The van der Waals surface area contributed by atoms with E-state index in [0.29, 0.717) is 6.42 Å². The summed E-state index contributed by atoms with van der Waals surface area (Å²) >= 11 is 0. The lowest BCUT2D eigenvalue weighted by Gasteiger charge is -2.13. The second-order valence-electron chi connectivity index (χ2n) is 5.24. The van der Waals surface area contributed by atoms with Crippen LogP contribution in [0.3, 0.4) is 0 Å². The van der Waals surface area contributed by atoms with Crippen molar-refractivity contribution in [1.29, 1.82) is 0 Å². The normalized spacial score (nSPS) is 12.7. The molecule has 0 spiro atoms. The summed E-state index contributed by atoms with van der Waals surface area (Å²) in [6.45, 7) is 2.08. The molecular formula is C17H19N3O. The Kier molecular flexibility index (Phi) is 3.71. The SMILES string of the molecule is CCc1cc(CC(O)c2ccnc3ccccc23)n(C)n1. The summed E-state index contributed by atoms with van der Waals surface area (Å²) < 4.78 is 1.85. The van der Waals surface area contributed by atoms with Crippen molar-refractivity contribution >= 4 is 10.9 Å². The standard InChI is InChI=1S/C17H19N3O/c1-3-12-10-13(20(2)19-12)11-17(21)15-8-9-18-16-7-5-4-6-14(15)16/h4-10,17,21H,3,11H2,1-2H3. The molecule has 0 aliphatic heterocycles. The van der Waals surface area contributed by atoms with Crippen molar-refractivity contribution in [3.05, 3.63) is 59.5 Å². The number of fused-ring (bicyclic) bond motifs is 1.